The molecule has 1 aliphatic heterocycles. The molecule has 0 aromatic carbocycles. The van der Waals surface area contributed by atoms with E-state index in [1.165, 1.54) is 0 Å². The topological polar surface area (TPSA) is 73.4 Å². The molecule has 2 fully saturated rings. The Morgan fingerprint density at radius 3 is 2.53 bits per heavy atom. The van der Waals surface area contributed by atoms with Gasteiger partial charge in [0.25, 0.3) is 0 Å². The number of amides is 1. The fourth-order valence-corrected chi connectivity index (χ4v) is 3.10. The summed E-state index contributed by atoms with van der Waals surface area (Å²) in [6.07, 6.45) is 4.80. The van der Waals surface area contributed by atoms with Gasteiger partial charge in [-0.05, 0) is 12.8 Å². The Labute approximate surface area is 115 Å². The van der Waals surface area contributed by atoms with E-state index < -0.39 is 0 Å². The fraction of sp³-hybridized carbons (Fsp3) is 0.857. The Morgan fingerprint density at radius 1 is 1.21 bits per heavy atom. The number of piperazine rings is 1. The van der Waals surface area contributed by atoms with Gasteiger partial charge in [0.05, 0.1) is 12.0 Å². The summed E-state index contributed by atoms with van der Waals surface area (Å²) in [6.45, 7) is 4.16. The molecule has 0 bridgehead atoms. The first kappa shape index (κ1) is 14.3. The first-order valence-electron chi connectivity index (χ1n) is 7.36. The third kappa shape index (κ3) is 3.68. The molecule has 106 valence electrons. The first-order chi connectivity index (χ1) is 9.22. The lowest BCUT2D eigenvalue weighted by Crippen LogP contribution is -2.53. The quantitative estimate of drug-likeness (QED) is 0.808. The number of carbonyl (C=O) groups excluding carboxylic acids is 1. The van der Waals surface area contributed by atoms with Crippen molar-refractivity contribution in [2.75, 3.05) is 32.7 Å². The van der Waals surface area contributed by atoms with E-state index in [2.05, 4.69) is 11.0 Å². The van der Waals surface area contributed by atoms with Crippen molar-refractivity contribution in [1.82, 2.24) is 9.80 Å². The molecule has 19 heavy (non-hydrogen) atoms. The highest BCUT2D eigenvalue weighted by Gasteiger charge is 2.32. The number of nitrogens with zero attached hydrogens (tertiary/aromatic N) is 3. The molecule has 2 N–H and O–H groups in total. The van der Waals surface area contributed by atoms with Crippen LogP contribution in [0.2, 0.25) is 0 Å². The molecule has 2 unspecified atom stereocenters. The average Bonchev–Trinajstić information content (AvgIpc) is 2.45. The summed E-state index contributed by atoms with van der Waals surface area (Å²) in [5, 5.41) is 8.58. The van der Waals surface area contributed by atoms with Crippen LogP contribution >= 0.6 is 0 Å². The molecule has 1 saturated carbocycles. The number of rotatable bonds is 3. The van der Waals surface area contributed by atoms with Crippen LogP contribution in [0.5, 0.6) is 0 Å². The zero-order valence-electron chi connectivity index (χ0n) is 11.6. The highest BCUT2D eigenvalue weighted by Crippen LogP contribution is 2.25. The van der Waals surface area contributed by atoms with Crippen molar-refractivity contribution >= 4 is 5.91 Å². The Morgan fingerprint density at radius 2 is 1.89 bits per heavy atom. The van der Waals surface area contributed by atoms with Gasteiger partial charge in [-0.1, -0.05) is 12.8 Å². The summed E-state index contributed by atoms with van der Waals surface area (Å²) in [6, 6.07) is 2.22. The van der Waals surface area contributed by atoms with Gasteiger partial charge in [-0.15, -0.1) is 0 Å². The summed E-state index contributed by atoms with van der Waals surface area (Å²) in [4.78, 5) is 16.7. The lowest BCUT2D eigenvalue weighted by Gasteiger charge is -2.38. The maximum atomic E-state index is 12.5. The van der Waals surface area contributed by atoms with E-state index in [-0.39, 0.29) is 17.9 Å². The lowest BCUT2D eigenvalue weighted by atomic mass is 9.84. The summed E-state index contributed by atoms with van der Waals surface area (Å²) in [5.74, 6) is 0.298. The molecule has 0 aromatic heterocycles. The molecule has 2 aliphatic rings. The van der Waals surface area contributed by atoms with Crippen LogP contribution in [-0.4, -0.2) is 54.5 Å². The predicted octanol–water partition coefficient (Wildman–Crippen LogP) is 0.562. The van der Waals surface area contributed by atoms with E-state index in [1.807, 2.05) is 4.90 Å². The molecule has 1 heterocycles. The Bertz CT molecular complexity index is 344. The standard InChI is InChI=1S/C14H24N4O/c15-6-3-7-17-8-10-18(11-9-17)14(19)12-4-1-2-5-13(12)16/h12-13H,1-5,7-11,16H2. The van der Waals surface area contributed by atoms with E-state index in [0.29, 0.717) is 6.42 Å². The summed E-state index contributed by atoms with van der Waals surface area (Å²) in [7, 11) is 0. The molecular formula is C14H24N4O. The van der Waals surface area contributed by atoms with Crippen LogP contribution in [0.3, 0.4) is 0 Å². The van der Waals surface area contributed by atoms with Crippen LogP contribution < -0.4 is 5.73 Å². The normalized spacial score (nSPS) is 28.9. The lowest BCUT2D eigenvalue weighted by molar-refractivity contribution is -0.138. The monoisotopic (exact) mass is 264 g/mol. The molecule has 1 amide bonds. The summed E-state index contributed by atoms with van der Waals surface area (Å²) < 4.78 is 0. The second kappa shape index (κ2) is 6.88. The van der Waals surface area contributed by atoms with E-state index in [9.17, 15) is 4.79 Å². The highest BCUT2D eigenvalue weighted by atomic mass is 16.2. The third-order valence-corrected chi connectivity index (χ3v) is 4.36. The van der Waals surface area contributed by atoms with Gasteiger partial charge in [0, 0.05) is 45.2 Å². The van der Waals surface area contributed by atoms with E-state index >= 15 is 0 Å². The van der Waals surface area contributed by atoms with Gasteiger partial charge in [-0.2, -0.15) is 5.26 Å². The molecule has 0 spiro atoms. The van der Waals surface area contributed by atoms with Gasteiger partial charge in [-0.3, -0.25) is 9.69 Å². The zero-order chi connectivity index (χ0) is 13.7. The van der Waals surface area contributed by atoms with Gasteiger partial charge >= 0.3 is 0 Å². The molecule has 2 atom stereocenters. The minimum Gasteiger partial charge on any atom is -0.340 e. The van der Waals surface area contributed by atoms with Gasteiger partial charge in [0.15, 0.2) is 0 Å². The van der Waals surface area contributed by atoms with Crippen molar-refractivity contribution in [3.05, 3.63) is 0 Å². The Balaban J connectivity index is 1.80. The summed E-state index contributed by atoms with van der Waals surface area (Å²) in [5.41, 5.74) is 6.09. The van der Waals surface area contributed by atoms with Crippen LogP contribution in [-0.2, 0) is 4.79 Å². The number of nitrogens with two attached hydrogens (primary N) is 1. The molecule has 0 aromatic rings. The SMILES string of the molecule is N#CCCN1CCN(C(=O)C2CCCCC2N)CC1. The van der Waals surface area contributed by atoms with Crippen LogP contribution in [0, 0.1) is 17.2 Å². The minimum atomic E-state index is 0.0411. The van der Waals surface area contributed by atoms with Crippen molar-refractivity contribution in [3.8, 4) is 6.07 Å². The molecule has 5 nitrogen and oxygen atoms in total. The number of nitriles is 1. The fourth-order valence-electron chi connectivity index (χ4n) is 3.10. The van der Waals surface area contributed by atoms with Crippen LogP contribution in [0.25, 0.3) is 0 Å². The van der Waals surface area contributed by atoms with Crippen molar-refractivity contribution in [3.63, 3.8) is 0 Å². The van der Waals surface area contributed by atoms with Gasteiger partial charge < -0.3 is 10.6 Å². The molecule has 0 radical (unpaired) electrons. The van der Waals surface area contributed by atoms with Gasteiger partial charge in [0.1, 0.15) is 0 Å². The first-order valence-corrected chi connectivity index (χ1v) is 7.36. The van der Waals surface area contributed by atoms with Gasteiger partial charge in [0.2, 0.25) is 5.91 Å². The van der Waals surface area contributed by atoms with Crippen molar-refractivity contribution < 1.29 is 4.79 Å². The van der Waals surface area contributed by atoms with Crippen LogP contribution in [0.4, 0.5) is 0 Å². The smallest absolute Gasteiger partial charge is 0.227 e. The maximum absolute atomic E-state index is 12.5. The minimum absolute atomic E-state index is 0.0411. The van der Waals surface area contributed by atoms with Crippen molar-refractivity contribution in [1.29, 1.82) is 5.26 Å². The zero-order valence-corrected chi connectivity index (χ0v) is 11.6. The Kier molecular flexibility index (Phi) is 5.17. The predicted molar refractivity (Wildman–Crippen MR) is 73.2 cm³/mol. The highest BCUT2D eigenvalue weighted by molar-refractivity contribution is 5.79. The third-order valence-electron chi connectivity index (χ3n) is 4.36. The Hall–Kier alpha value is -1.12. The van der Waals surface area contributed by atoms with E-state index in [1.54, 1.807) is 0 Å². The number of carbonyl (C=O) groups is 1. The molecule has 1 saturated heterocycles. The number of hydrogen-bond acceptors (Lipinski definition) is 4. The molecule has 1 aliphatic carbocycles. The average molecular weight is 264 g/mol. The van der Waals surface area contributed by atoms with Crippen LogP contribution in [0.1, 0.15) is 32.1 Å². The molecular weight excluding hydrogens is 240 g/mol. The summed E-state index contributed by atoms with van der Waals surface area (Å²) >= 11 is 0. The van der Waals surface area contributed by atoms with E-state index in [4.69, 9.17) is 11.0 Å². The molecule has 2 rings (SSSR count). The van der Waals surface area contributed by atoms with Crippen molar-refractivity contribution in [2.24, 2.45) is 11.7 Å². The maximum Gasteiger partial charge on any atom is 0.227 e. The largest absolute Gasteiger partial charge is 0.340 e. The second-order valence-corrected chi connectivity index (χ2v) is 5.63. The second-order valence-electron chi connectivity index (χ2n) is 5.63. The van der Waals surface area contributed by atoms with Crippen molar-refractivity contribution in [2.45, 2.75) is 38.1 Å². The molecule has 5 heteroatoms. The van der Waals surface area contributed by atoms with Gasteiger partial charge in [-0.25, -0.2) is 0 Å². The van der Waals surface area contributed by atoms with Crippen LogP contribution in [0.15, 0.2) is 0 Å². The number of hydrogen-bond donors (Lipinski definition) is 1. The van der Waals surface area contributed by atoms with E-state index in [0.717, 1.165) is 58.4 Å².